The van der Waals surface area contributed by atoms with Crippen molar-refractivity contribution in [2.75, 3.05) is 0 Å². The molecular formula is C46H28N2OS. The first-order valence-corrected chi connectivity index (χ1v) is 17.6. The van der Waals surface area contributed by atoms with Gasteiger partial charge in [-0.15, -0.1) is 11.3 Å². The minimum Gasteiger partial charge on any atom is -0.455 e. The summed E-state index contributed by atoms with van der Waals surface area (Å²) in [6.07, 6.45) is 0. The van der Waals surface area contributed by atoms with E-state index in [2.05, 4.69) is 158 Å². The average Bonchev–Trinajstić information content (AvgIpc) is 3.77. The molecule has 0 aliphatic rings. The van der Waals surface area contributed by atoms with E-state index in [1.807, 2.05) is 12.1 Å². The van der Waals surface area contributed by atoms with Gasteiger partial charge in [-0.25, -0.2) is 9.97 Å². The van der Waals surface area contributed by atoms with Crippen molar-refractivity contribution in [1.29, 1.82) is 0 Å². The fourth-order valence-electron chi connectivity index (χ4n) is 7.04. The number of benzene rings is 7. The number of hydrogen-bond acceptors (Lipinski definition) is 4. The Balaban J connectivity index is 1.10. The van der Waals surface area contributed by atoms with Gasteiger partial charge in [-0.1, -0.05) is 140 Å². The molecule has 234 valence electrons. The molecule has 3 aromatic heterocycles. The van der Waals surface area contributed by atoms with Crippen LogP contribution in [-0.4, -0.2) is 9.97 Å². The van der Waals surface area contributed by atoms with Crippen LogP contribution in [0.5, 0.6) is 0 Å². The van der Waals surface area contributed by atoms with Gasteiger partial charge in [0.1, 0.15) is 11.2 Å². The second-order valence-electron chi connectivity index (χ2n) is 12.6. The monoisotopic (exact) mass is 656 g/mol. The maximum Gasteiger partial charge on any atom is 0.160 e. The number of hydrogen-bond donors (Lipinski definition) is 0. The van der Waals surface area contributed by atoms with Crippen LogP contribution in [0.2, 0.25) is 0 Å². The lowest BCUT2D eigenvalue weighted by molar-refractivity contribution is 0.670. The van der Waals surface area contributed by atoms with E-state index in [0.717, 1.165) is 65.5 Å². The van der Waals surface area contributed by atoms with E-state index in [-0.39, 0.29) is 0 Å². The molecule has 4 heteroatoms. The van der Waals surface area contributed by atoms with Gasteiger partial charge in [0.05, 0.1) is 15.9 Å². The summed E-state index contributed by atoms with van der Waals surface area (Å²) >= 11 is 1.73. The number of thiophene rings is 1. The van der Waals surface area contributed by atoms with Crippen LogP contribution in [0.1, 0.15) is 0 Å². The Morgan fingerprint density at radius 2 is 0.980 bits per heavy atom. The van der Waals surface area contributed by atoms with Crippen molar-refractivity contribution in [3.8, 4) is 56.0 Å². The van der Waals surface area contributed by atoms with Crippen molar-refractivity contribution in [1.82, 2.24) is 9.97 Å². The van der Waals surface area contributed by atoms with E-state index in [1.165, 1.54) is 27.0 Å². The quantitative estimate of drug-likeness (QED) is 0.185. The zero-order valence-corrected chi connectivity index (χ0v) is 27.7. The topological polar surface area (TPSA) is 38.9 Å². The molecule has 10 rings (SSSR count). The second kappa shape index (κ2) is 11.7. The number of para-hydroxylation sites is 2. The summed E-state index contributed by atoms with van der Waals surface area (Å²) in [6.45, 7) is 0. The van der Waals surface area contributed by atoms with Gasteiger partial charge < -0.3 is 4.42 Å². The highest BCUT2D eigenvalue weighted by molar-refractivity contribution is 7.26. The Morgan fingerprint density at radius 3 is 1.78 bits per heavy atom. The summed E-state index contributed by atoms with van der Waals surface area (Å²) in [5.41, 5.74) is 12.6. The molecule has 50 heavy (non-hydrogen) atoms. The summed E-state index contributed by atoms with van der Waals surface area (Å²) in [4.78, 5) is 10.6. The van der Waals surface area contributed by atoms with Gasteiger partial charge in [0.2, 0.25) is 0 Å². The van der Waals surface area contributed by atoms with Crippen LogP contribution in [-0.2, 0) is 0 Å². The van der Waals surface area contributed by atoms with E-state index < -0.39 is 0 Å². The summed E-state index contributed by atoms with van der Waals surface area (Å²) < 4.78 is 8.75. The van der Waals surface area contributed by atoms with Gasteiger partial charge in [-0.2, -0.15) is 0 Å². The molecule has 3 nitrogen and oxygen atoms in total. The highest BCUT2D eigenvalue weighted by atomic mass is 32.1. The van der Waals surface area contributed by atoms with Crippen LogP contribution in [0, 0.1) is 0 Å². The van der Waals surface area contributed by atoms with E-state index in [1.54, 1.807) is 11.3 Å². The van der Waals surface area contributed by atoms with Gasteiger partial charge in [-0.3, -0.25) is 0 Å². The summed E-state index contributed by atoms with van der Waals surface area (Å²) in [5.74, 6) is 0.693. The van der Waals surface area contributed by atoms with Crippen molar-refractivity contribution in [3.05, 3.63) is 170 Å². The Hall–Kier alpha value is -6.36. The van der Waals surface area contributed by atoms with Crippen LogP contribution in [0.3, 0.4) is 0 Å². The van der Waals surface area contributed by atoms with E-state index >= 15 is 0 Å². The van der Waals surface area contributed by atoms with Gasteiger partial charge in [0, 0.05) is 32.0 Å². The Bertz CT molecular complexity index is 2870. The van der Waals surface area contributed by atoms with Gasteiger partial charge >= 0.3 is 0 Å². The standard InChI is InChI=1S/C46H28N2OS/c1-2-11-29(12-3-1)30-23-25-31(26-24-30)32-13-8-14-33(27-32)34-15-9-16-35(28-34)46-47-42-38-18-5-7-22-41(38)50-45(42)43(48-46)39-20-10-19-37-36-17-4-6-21-40(36)49-44(37)39/h1-28H. The summed E-state index contributed by atoms with van der Waals surface area (Å²) in [5, 5.41) is 3.33. The largest absolute Gasteiger partial charge is 0.455 e. The predicted molar refractivity (Wildman–Crippen MR) is 209 cm³/mol. The molecular weight excluding hydrogens is 629 g/mol. The first-order chi connectivity index (χ1) is 24.8. The fraction of sp³-hybridized carbons (Fsp3) is 0. The van der Waals surface area contributed by atoms with Gasteiger partial charge in [0.25, 0.3) is 0 Å². The summed E-state index contributed by atoms with van der Waals surface area (Å²) in [7, 11) is 0. The lowest BCUT2D eigenvalue weighted by Gasteiger charge is -2.10. The predicted octanol–water partition coefficient (Wildman–Crippen LogP) is 13.1. The number of aromatic nitrogens is 2. The maximum absolute atomic E-state index is 6.50. The lowest BCUT2D eigenvalue weighted by Crippen LogP contribution is -1.94. The Labute approximate surface area is 292 Å². The van der Waals surface area contributed by atoms with Gasteiger partial charge in [0.15, 0.2) is 5.82 Å². The highest BCUT2D eigenvalue weighted by Gasteiger charge is 2.20. The molecule has 0 N–H and O–H groups in total. The van der Waals surface area contributed by atoms with Crippen LogP contribution in [0.15, 0.2) is 174 Å². The molecule has 0 spiro atoms. The molecule has 3 heterocycles. The average molecular weight is 657 g/mol. The lowest BCUT2D eigenvalue weighted by atomic mass is 9.96. The molecule has 0 bridgehead atoms. The molecule has 0 amide bonds. The van der Waals surface area contributed by atoms with E-state index in [9.17, 15) is 0 Å². The molecule has 0 radical (unpaired) electrons. The fourth-order valence-corrected chi connectivity index (χ4v) is 8.18. The van der Waals surface area contributed by atoms with Crippen LogP contribution >= 0.6 is 11.3 Å². The molecule has 0 aliphatic carbocycles. The zero-order chi connectivity index (χ0) is 33.0. The zero-order valence-electron chi connectivity index (χ0n) is 26.9. The Morgan fingerprint density at radius 1 is 0.420 bits per heavy atom. The van der Waals surface area contributed by atoms with Crippen LogP contribution in [0.4, 0.5) is 0 Å². The van der Waals surface area contributed by atoms with Crippen LogP contribution < -0.4 is 0 Å². The second-order valence-corrected chi connectivity index (χ2v) is 13.6. The minimum atomic E-state index is 0.693. The Kier molecular flexibility index (Phi) is 6.68. The third-order valence-corrected chi connectivity index (χ3v) is 10.7. The highest BCUT2D eigenvalue weighted by Crippen LogP contribution is 2.43. The number of nitrogens with zero attached hydrogens (tertiary/aromatic N) is 2. The normalized spacial score (nSPS) is 11.6. The first-order valence-electron chi connectivity index (χ1n) is 16.7. The van der Waals surface area contributed by atoms with Crippen molar-refractivity contribution in [3.63, 3.8) is 0 Å². The molecule has 0 unspecified atom stereocenters. The SMILES string of the molecule is c1ccc(-c2ccc(-c3cccc(-c4cccc(-c5nc(-c6cccc7c6oc6ccccc67)c6sc7ccccc7c6n5)c4)c3)cc2)cc1. The minimum absolute atomic E-state index is 0.693. The third kappa shape index (κ3) is 4.80. The number of rotatable bonds is 5. The van der Waals surface area contributed by atoms with Crippen LogP contribution in [0.25, 0.3) is 98.3 Å². The smallest absolute Gasteiger partial charge is 0.160 e. The molecule has 0 saturated carbocycles. The molecule has 0 saturated heterocycles. The third-order valence-electron chi connectivity index (χ3n) is 9.52. The van der Waals surface area contributed by atoms with Crippen molar-refractivity contribution < 1.29 is 4.42 Å². The number of fused-ring (bicyclic) bond motifs is 6. The molecule has 10 aromatic rings. The van der Waals surface area contributed by atoms with Crippen molar-refractivity contribution >= 4 is 53.6 Å². The van der Waals surface area contributed by atoms with Crippen molar-refractivity contribution in [2.45, 2.75) is 0 Å². The summed E-state index contributed by atoms with van der Waals surface area (Å²) in [6, 6.07) is 59.7. The van der Waals surface area contributed by atoms with E-state index in [0.29, 0.717) is 5.82 Å². The molecule has 0 atom stereocenters. The van der Waals surface area contributed by atoms with E-state index in [4.69, 9.17) is 14.4 Å². The molecule has 7 aromatic carbocycles. The van der Waals surface area contributed by atoms with Gasteiger partial charge in [-0.05, 0) is 63.7 Å². The molecule has 0 aliphatic heterocycles. The maximum atomic E-state index is 6.50. The number of furan rings is 1. The van der Waals surface area contributed by atoms with Crippen molar-refractivity contribution in [2.24, 2.45) is 0 Å². The first kappa shape index (κ1) is 28.6. The molecule has 0 fully saturated rings.